The van der Waals surface area contributed by atoms with E-state index in [0.29, 0.717) is 0 Å². The summed E-state index contributed by atoms with van der Waals surface area (Å²) in [6, 6.07) is 4.09. The lowest BCUT2D eigenvalue weighted by atomic mass is 9.97. The first kappa shape index (κ1) is 16.1. The summed E-state index contributed by atoms with van der Waals surface area (Å²) in [6.07, 6.45) is 6.74. The number of rotatable bonds is 2. The van der Waals surface area contributed by atoms with Crippen LogP contribution >= 0.6 is 11.8 Å². The van der Waals surface area contributed by atoms with Crippen molar-refractivity contribution in [3.63, 3.8) is 0 Å². The normalized spacial score (nSPS) is 19.4. The highest BCUT2D eigenvalue weighted by atomic mass is 32.2. The molecule has 4 nitrogen and oxygen atoms in total. The third kappa shape index (κ3) is 4.13. The van der Waals surface area contributed by atoms with Crippen LogP contribution in [-0.2, 0) is 4.74 Å². The Hall–Kier alpha value is -1.23. The Kier molecular flexibility index (Phi) is 5.14. The molecule has 0 N–H and O–H groups in total. The summed E-state index contributed by atoms with van der Waals surface area (Å²) < 4.78 is 5.56. The van der Waals surface area contributed by atoms with E-state index in [1.807, 2.05) is 38.0 Å². The molecule has 1 fully saturated rings. The average Bonchev–Trinajstić information content (AvgIpc) is 2.45. The molecule has 1 aromatic rings. The highest BCUT2D eigenvalue weighted by molar-refractivity contribution is 7.98. The number of thioether (sulfide) groups is 1. The minimum atomic E-state index is -0.462. The van der Waals surface area contributed by atoms with E-state index in [-0.39, 0.29) is 12.1 Å². The van der Waals surface area contributed by atoms with Crippen molar-refractivity contribution in [3.05, 3.63) is 23.9 Å². The van der Waals surface area contributed by atoms with Crippen molar-refractivity contribution in [2.45, 2.75) is 56.7 Å². The second kappa shape index (κ2) is 6.69. The van der Waals surface area contributed by atoms with Gasteiger partial charge in [-0.3, -0.25) is 0 Å². The van der Waals surface area contributed by atoms with Crippen molar-refractivity contribution in [1.82, 2.24) is 9.88 Å². The van der Waals surface area contributed by atoms with Crippen molar-refractivity contribution in [1.29, 1.82) is 0 Å². The smallest absolute Gasteiger partial charge is 0.410 e. The first-order valence-electron chi connectivity index (χ1n) is 7.41. The maximum atomic E-state index is 12.5. The van der Waals surface area contributed by atoms with E-state index < -0.39 is 5.60 Å². The Bertz CT molecular complexity index is 499. The van der Waals surface area contributed by atoms with Gasteiger partial charge in [0.25, 0.3) is 0 Å². The molecule has 1 saturated heterocycles. The Morgan fingerprint density at radius 3 is 2.86 bits per heavy atom. The molecule has 1 aliphatic rings. The highest BCUT2D eigenvalue weighted by Gasteiger charge is 2.32. The molecule has 0 aromatic carbocycles. The molecular weight excluding hydrogens is 284 g/mol. The van der Waals surface area contributed by atoms with E-state index in [0.717, 1.165) is 36.4 Å². The van der Waals surface area contributed by atoms with Gasteiger partial charge < -0.3 is 9.64 Å². The minimum Gasteiger partial charge on any atom is -0.444 e. The molecule has 0 spiro atoms. The molecule has 0 radical (unpaired) electrons. The van der Waals surface area contributed by atoms with E-state index in [4.69, 9.17) is 4.74 Å². The van der Waals surface area contributed by atoms with Crippen molar-refractivity contribution in [2.24, 2.45) is 0 Å². The second-order valence-corrected chi connectivity index (χ2v) is 7.08. The lowest BCUT2D eigenvalue weighted by molar-refractivity contribution is 0.00915. The maximum absolute atomic E-state index is 12.5. The molecule has 5 heteroatoms. The number of aromatic nitrogens is 1. The number of carbonyl (C=O) groups is 1. The monoisotopic (exact) mass is 308 g/mol. The number of piperidine rings is 1. The van der Waals surface area contributed by atoms with Crippen molar-refractivity contribution in [2.75, 3.05) is 12.8 Å². The fourth-order valence-corrected chi connectivity index (χ4v) is 3.23. The molecule has 1 atom stereocenters. The molecule has 0 saturated carbocycles. The van der Waals surface area contributed by atoms with E-state index in [1.54, 1.807) is 18.0 Å². The van der Waals surface area contributed by atoms with Gasteiger partial charge in [0.1, 0.15) is 10.6 Å². The predicted molar refractivity (Wildman–Crippen MR) is 85.6 cm³/mol. The molecule has 0 bridgehead atoms. The molecule has 1 amide bonds. The first-order valence-corrected chi connectivity index (χ1v) is 8.63. The van der Waals surface area contributed by atoms with Crippen LogP contribution in [0.5, 0.6) is 0 Å². The van der Waals surface area contributed by atoms with Gasteiger partial charge >= 0.3 is 6.09 Å². The fourth-order valence-electron chi connectivity index (χ4n) is 2.62. The Morgan fingerprint density at radius 2 is 2.19 bits per heavy atom. The number of ether oxygens (including phenoxy) is 1. The highest BCUT2D eigenvalue weighted by Crippen LogP contribution is 2.35. The molecule has 0 aliphatic carbocycles. The molecule has 21 heavy (non-hydrogen) atoms. The minimum absolute atomic E-state index is 0.0738. The second-order valence-electron chi connectivity index (χ2n) is 6.29. The standard InChI is InChI=1S/C16H24N2O2S/c1-16(2,3)20-15(19)18-11-6-5-9-13(18)12-8-7-10-17-14(12)21-4/h7-8,10,13H,5-6,9,11H2,1-4H3/t13-/m0/s1. The number of likely N-dealkylation sites (tertiary alicyclic amines) is 1. The van der Waals surface area contributed by atoms with Crippen LogP contribution in [0.3, 0.4) is 0 Å². The van der Waals surface area contributed by atoms with Gasteiger partial charge in [-0.05, 0) is 52.4 Å². The number of pyridine rings is 1. The number of hydrogen-bond acceptors (Lipinski definition) is 4. The Morgan fingerprint density at radius 1 is 1.43 bits per heavy atom. The third-order valence-electron chi connectivity index (χ3n) is 3.48. The number of amides is 1. The third-order valence-corrected chi connectivity index (χ3v) is 4.21. The van der Waals surface area contributed by atoms with Gasteiger partial charge in [-0.2, -0.15) is 0 Å². The van der Waals surface area contributed by atoms with E-state index >= 15 is 0 Å². The van der Waals surface area contributed by atoms with Crippen molar-refractivity contribution >= 4 is 17.9 Å². The molecule has 116 valence electrons. The maximum Gasteiger partial charge on any atom is 0.410 e. The predicted octanol–water partition coefficient (Wildman–Crippen LogP) is 4.27. The topological polar surface area (TPSA) is 42.4 Å². The summed E-state index contributed by atoms with van der Waals surface area (Å²) in [4.78, 5) is 18.8. The van der Waals surface area contributed by atoms with Crippen LogP contribution in [0.4, 0.5) is 4.79 Å². The zero-order chi connectivity index (χ0) is 15.5. The van der Waals surface area contributed by atoms with Crippen molar-refractivity contribution < 1.29 is 9.53 Å². The number of nitrogens with zero attached hydrogens (tertiary/aromatic N) is 2. The summed E-state index contributed by atoms with van der Waals surface area (Å²) in [7, 11) is 0. The summed E-state index contributed by atoms with van der Waals surface area (Å²) in [5, 5.41) is 0.998. The molecule has 0 unspecified atom stereocenters. The van der Waals surface area contributed by atoms with E-state index in [2.05, 4.69) is 11.1 Å². The summed E-state index contributed by atoms with van der Waals surface area (Å²) in [5.41, 5.74) is 0.673. The largest absolute Gasteiger partial charge is 0.444 e. The number of carbonyl (C=O) groups excluding carboxylic acids is 1. The van der Waals surface area contributed by atoms with Gasteiger partial charge in [0.15, 0.2) is 0 Å². The van der Waals surface area contributed by atoms with Gasteiger partial charge in [0.05, 0.1) is 6.04 Å². The summed E-state index contributed by atoms with van der Waals surface area (Å²) in [6.45, 7) is 6.46. The van der Waals surface area contributed by atoms with Crippen LogP contribution in [0, 0.1) is 0 Å². The Labute approximate surface area is 131 Å². The van der Waals surface area contributed by atoms with E-state index in [9.17, 15) is 4.79 Å². The van der Waals surface area contributed by atoms with Gasteiger partial charge in [-0.15, -0.1) is 11.8 Å². The molecular formula is C16H24N2O2S. The van der Waals surface area contributed by atoms with Crippen LogP contribution < -0.4 is 0 Å². The zero-order valence-corrected chi connectivity index (χ0v) is 14.1. The van der Waals surface area contributed by atoms with Crippen LogP contribution in [-0.4, -0.2) is 34.4 Å². The number of hydrogen-bond donors (Lipinski definition) is 0. The van der Waals surface area contributed by atoms with Gasteiger partial charge in [-0.1, -0.05) is 6.07 Å². The fraction of sp³-hybridized carbons (Fsp3) is 0.625. The Balaban J connectivity index is 2.25. The SMILES string of the molecule is CSc1ncccc1[C@@H]1CCCCN1C(=O)OC(C)(C)C. The van der Waals surface area contributed by atoms with Gasteiger partial charge in [0, 0.05) is 18.3 Å². The van der Waals surface area contributed by atoms with Gasteiger partial charge in [0.2, 0.25) is 0 Å². The molecule has 1 aromatic heterocycles. The van der Waals surface area contributed by atoms with Crippen molar-refractivity contribution in [3.8, 4) is 0 Å². The molecule has 2 rings (SSSR count). The average molecular weight is 308 g/mol. The van der Waals surface area contributed by atoms with Crippen LogP contribution in [0.15, 0.2) is 23.4 Å². The lowest BCUT2D eigenvalue weighted by Gasteiger charge is -2.37. The zero-order valence-electron chi connectivity index (χ0n) is 13.3. The quantitative estimate of drug-likeness (QED) is 0.765. The van der Waals surface area contributed by atoms with Crippen LogP contribution in [0.25, 0.3) is 0 Å². The lowest BCUT2D eigenvalue weighted by Crippen LogP contribution is -2.42. The van der Waals surface area contributed by atoms with E-state index in [1.165, 1.54) is 0 Å². The molecule has 2 heterocycles. The van der Waals surface area contributed by atoms with Crippen LogP contribution in [0.2, 0.25) is 0 Å². The van der Waals surface area contributed by atoms with Gasteiger partial charge in [-0.25, -0.2) is 9.78 Å². The first-order chi connectivity index (χ1) is 9.92. The summed E-state index contributed by atoms with van der Waals surface area (Å²) >= 11 is 1.63. The molecule has 1 aliphatic heterocycles. The van der Waals surface area contributed by atoms with Crippen LogP contribution in [0.1, 0.15) is 51.6 Å². The summed E-state index contributed by atoms with van der Waals surface area (Å²) in [5.74, 6) is 0.